The number of halogens is 1. The van der Waals surface area contributed by atoms with Crippen LogP contribution < -0.4 is 5.32 Å². The highest BCUT2D eigenvalue weighted by atomic mass is 19.1. The van der Waals surface area contributed by atoms with Gasteiger partial charge < -0.3 is 5.32 Å². The van der Waals surface area contributed by atoms with Gasteiger partial charge in [-0.1, -0.05) is 23.8 Å². The molecule has 134 valence electrons. The molecule has 0 saturated carbocycles. The summed E-state index contributed by atoms with van der Waals surface area (Å²) in [5.41, 5.74) is 5.15. The normalized spacial score (nSPS) is 10.9. The van der Waals surface area contributed by atoms with E-state index in [1.807, 2.05) is 44.2 Å². The van der Waals surface area contributed by atoms with Crippen molar-refractivity contribution in [3.05, 3.63) is 83.2 Å². The molecule has 3 aromatic carbocycles. The SMILES string of the molecule is Cc1ccc(-n2nc3cc(C)c(NC(=O)c4cccc(F)c4)cc3n2)cc1. The van der Waals surface area contributed by atoms with Crippen molar-refractivity contribution in [2.45, 2.75) is 13.8 Å². The summed E-state index contributed by atoms with van der Waals surface area (Å²) in [6.45, 7) is 3.90. The van der Waals surface area contributed by atoms with Gasteiger partial charge in [-0.3, -0.25) is 4.79 Å². The monoisotopic (exact) mass is 360 g/mol. The van der Waals surface area contributed by atoms with Crippen molar-refractivity contribution in [2.24, 2.45) is 0 Å². The number of nitrogens with zero attached hydrogens (tertiary/aromatic N) is 3. The Morgan fingerprint density at radius 2 is 1.67 bits per heavy atom. The lowest BCUT2D eigenvalue weighted by Gasteiger charge is -2.08. The van der Waals surface area contributed by atoms with Crippen LogP contribution in [0.15, 0.2) is 60.7 Å². The summed E-state index contributed by atoms with van der Waals surface area (Å²) in [4.78, 5) is 14.0. The summed E-state index contributed by atoms with van der Waals surface area (Å²) in [6.07, 6.45) is 0. The zero-order valence-corrected chi connectivity index (χ0v) is 14.9. The fourth-order valence-corrected chi connectivity index (χ4v) is 2.82. The molecular formula is C21H17FN4O. The number of carbonyl (C=O) groups excluding carboxylic acids is 1. The molecule has 0 saturated heterocycles. The first-order chi connectivity index (χ1) is 13.0. The van der Waals surface area contributed by atoms with Crippen LogP contribution in [0, 0.1) is 19.7 Å². The number of rotatable bonds is 3. The Bertz CT molecular complexity index is 1150. The predicted molar refractivity (Wildman–Crippen MR) is 103 cm³/mol. The maximum atomic E-state index is 13.3. The highest BCUT2D eigenvalue weighted by Crippen LogP contribution is 2.23. The molecule has 4 aromatic rings. The van der Waals surface area contributed by atoms with Gasteiger partial charge in [0.25, 0.3) is 5.91 Å². The first-order valence-electron chi connectivity index (χ1n) is 8.51. The molecule has 0 bridgehead atoms. The van der Waals surface area contributed by atoms with Crippen molar-refractivity contribution in [3.8, 4) is 5.69 Å². The molecule has 27 heavy (non-hydrogen) atoms. The number of hydrogen-bond acceptors (Lipinski definition) is 3. The Balaban J connectivity index is 1.67. The molecule has 0 fully saturated rings. The molecule has 1 amide bonds. The molecule has 0 spiro atoms. The average molecular weight is 360 g/mol. The Kier molecular flexibility index (Phi) is 4.16. The van der Waals surface area contributed by atoms with Crippen LogP contribution in [-0.4, -0.2) is 20.9 Å². The summed E-state index contributed by atoms with van der Waals surface area (Å²) < 4.78 is 13.3. The molecule has 6 heteroatoms. The van der Waals surface area contributed by atoms with Gasteiger partial charge >= 0.3 is 0 Å². The second kappa shape index (κ2) is 6.64. The molecular weight excluding hydrogens is 343 g/mol. The second-order valence-corrected chi connectivity index (χ2v) is 6.45. The van der Waals surface area contributed by atoms with Gasteiger partial charge in [0.2, 0.25) is 0 Å². The highest BCUT2D eigenvalue weighted by Gasteiger charge is 2.12. The van der Waals surface area contributed by atoms with Crippen molar-refractivity contribution in [3.63, 3.8) is 0 Å². The zero-order chi connectivity index (χ0) is 19.0. The maximum Gasteiger partial charge on any atom is 0.255 e. The first-order valence-corrected chi connectivity index (χ1v) is 8.51. The number of amides is 1. The second-order valence-electron chi connectivity index (χ2n) is 6.45. The third-order valence-electron chi connectivity index (χ3n) is 4.33. The van der Waals surface area contributed by atoms with E-state index in [9.17, 15) is 9.18 Å². The molecule has 0 aliphatic heterocycles. The van der Waals surface area contributed by atoms with Gasteiger partial charge in [-0.25, -0.2) is 4.39 Å². The van der Waals surface area contributed by atoms with Crippen LogP contribution in [0.3, 0.4) is 0 Å². The average Bonchev–Trinajstić information content (AvgIpc) is 3.05. The number of fused-ring (bicyclic) bond motifs is 1. The van der Waals surface area contributed by atoms with Gasteiger partial charge in [-0.15, -0.1) is 10.2 Å². The molecule has 0 atom stereocenters. The fraction of sp³-hybridized carbons (Fsp3) is 0.0952. The summed E-state index contributed by atoms with van der Waals surface area (Å²) >= 11 is 0. The lowest BCUT2D eigenvalue weighted by Crippen LogP contribution is -2.12. The number of aryl methyl sites for hydroxylation is 2. The van der Waals surface area contributed by atoms with E-state index in [1.54, 1.807) is 16.9 Å². The Labute approximate surface area is 155 Å². The van der Waals surface area contributed by atoms with E-state index in [0.29, 0.717) is 11.2 Å². The van der Waals surface area contributed by atoms with Crippen LogP contribution in [0.5, 0.6) is 0 Å². The van der Waals surface area contributed by atoms with E-state index in [0.717, 1.165) is 22.3 Å². The van der Waals surface area contributed by atoms with E-state index in [-0.39, 0.29) is 11.5 Å². The number of hydrogen-bond donors (Lipinski definition) is 1. The summed E-state index contributed by atoms with van der Waals surface area (Å²) in [5.74, 6) is -0.821. The quantitative estimate of drug-likeness (QED) is 0.588. The van der Waals surface area contributed by atoms with Crippen LogP contribution in [0.2, 0.25) is 0 Å². The van der Waals surface area contributed by atoms with Crippen molar-refractivity contribution in [2.75, 3.05) is 5.32 Å². The van der Waals surface area contributed by atoms with E-state index in [1.165, 1.54) is 18.2 Å². The molecule has 0 radical (unpaired) electrons. The van der Waals surface area contributed by atoms with Gasteiger partial charge in [-0.05, 0) is 61.9 Å². The van der Waals surface area contributed by atoms with Gasteiger partial charge in [0.15, 0.2) is 0 Å². The maximum absolute atomic E-state index is 13.3. The Morgan fingerprint density at radius 3 is 2.37 bits per heavy atom. The van der Waals surface area contributed by atoms with Crippen molar-refractivity contribution < 1.29 is 9.18 Å². The van der Waals surface area contributed by atoms with Gasteiger partial charge in [0, 0.05) is 11.3 Å². The molecule has 4 rings (SSSR count). The standard InChI is InChI=1S/C21H17FN4O/c1-13-6-8-17(9-7-13)26-24-19-10-14(2)18(12-20(19)25-26)23-21(27)15-4-3-5-16(22)11-15/h3-12H,1-2H3,(H,23,27). The summed E-state index contributed by atoms with van der Waals surface area (Å²) in [5, 5.41) is 11.8. The van der Waals surface area contributed by atoms with E-state index < -0.39 is 5.82 Å². The van der Waals surface area contributed by atoms with E-state index in [2.05, 4.69) is 15.5 Å². The predicted octanol–water partition coefficient (Wildman–Crippen LogP) is 4.43. The molecule has 1 aromatic heterocycles. The molecule has 1 heterocycles. The third kappa shape index (κ3) is 3.42. The van der Waals surface area contributed by atoms with E-state index >= 15 is 0 Å². The molecule has 5 nitrogen and oxygen atoms in total. The van der Waals surface area contributed by atoms with Crippen molar-refractivity contribution in [1.29, 1.82) is 0 Å². The van der Waals surface area contributed by atoms with Gasteiger partial charge in [-0.2, -0.15) is 4.80 Å². The minimum Gasteiger partial charge on any atom is -0.322 e. The summed E-state index contributed by atoms with van der Waals surface area (Å²) in [6, 6.07) is 17.1. The minimum absolute atomic E-state index is 0.262. The van der Waals surface area contributed by atoms with E-state index in [4.69, 9.17) is 0 Å². The van der Waals surface area contributed by atoms with Crippen LogP contribution in [-0.2, 0) is 0 Å². The molecule has 1 N–H and O–H groups in total. The topological polar surface area (TPSA) is 59.8 Å². The molecule has 0 aliphatic rings. The lowest BCUT2D eigenvalue weighted by molar-refractivity contribution is 0.102. The van der Waals surface area contributed by atoms with Crippen molar-refractivity contribution in [1.82, 2.24) is 15.0 Å². The largest absolute Gasteiger partial charge is 0.322 e. The Morgan fingerprint density at radius 1 is 0.963 bits per heavy atom. The summed E-state index contributed by atoms with van der Waals surface area (Å²) in [7, 11) is 0. The molecule has 0 aliphatic carbocycles. The molecule has 0 unspecified atom stereocenters. The van der Waals surface area contributed by atoms with Crippen molar-refractivity contribution >= 4 is 22.6 Å². The van der Waals surface area contributed by atoms with Crippen LogP contribution in [0.25, 0.3) is 16.7 Å². The number of aromatic nitrogens is 3. The zero-order valence-electron chi connectivity index (χ0n) is 14.9. The number of benzene rings is 3. The first kappa shape index (κ1) is 16.9. The number of anilines is 1. The van der Waals surface area contributed by atoms with Crippen LogP contribution in [0.4, 0.5) is 10.1 Å². The lowest BCUT2D eigenvalue weighted by atomic mass is 10.1. The van der Waals surface area contributed by atoms with Crippen LogP contribution in [0.1, 0.15) is 21.5 Å². The minimum atomic E-state index is -0.448. The van der Waals surface area contributed by atoms with Gasteiger partial charge in [0.1, 0.15) is 16.9 Å². The van der Waals surface area contributed by atoms with Crippen LogP contribution >= 0.6 is 0 Å². The number of carbonyl (C=O) groups is 1. The smallest absolute Gasteiger partial charge is 0.255 e. The van der Waals surface area contributed by atoms with Gasteiger partial charge in [0.05, 0.1) is 5.69 Å². The number of nitrogens with one attached hydrogen (secondary N) is 1. The fourth-order valence-electron chi connectivity index (χ4n) is 2.82. The Hall–Kier alpha value is -3.54. The third-order valence-corrected chi connectivity index (χ3v) is 4.33. The highest BCUT2D eigenvalue weighted by molar-refractivity contribution is 6.05.